The van der Waals surface area contributed by atoms with E-state index in [1.54, 1.807) is 11.3 Å². The number of nitrogens with two attached hydrogens (primary N) is 1. The second kappa shape index (κ2) is 8.02. The number of thiophene rings is 1. The summed E-state index contributed by atoms with van der Waals surface area (Å²) in [5.41, 5.74) is 10.4. The van der Waals surface area contributed by atoms with Crippen LogP contribution in [0.15, 0.2) is 66.0 Å². The number of hydrogen-bond donors (Lipinski definition) is 2. The van der Waals surface area contributed by atoms with E-state index in [0.29, 0.717) is 46.2 Å². The van der Waals surface area contributed by atoms with Crippen LogP contribution in [0.1, 0.15) is 20.8 Å². The van der Waals surface area contributed by atoms with E-state index < -0.39 is 0 Å². The van der Waals surface area contributed by atoms with Crippen molar-refractivity contribution in [3.05, 3.63) is 87.1 Å². The van der Waals surface area contributed by atoms with Gasteiger partial charge in [0.15, 0.2) is 5.65 Å². The summed E-state index contributed by atoms with van der Waals surface area (Å²) in [5.74, 6) is 0.0688. The number of fused-ring (bicyclic) bond motifs is 2. The predicted octanol–water partition coefficient (Wildman–Crippen LogP) is 4.86. The van der Waals surface area contributed by atoms with Crippen molar-refractivity contribution in [1.82, 2.24) is 19.9 Å². The van der Waals surface area contributed by atoms with Gasteiger partial charge in [-0.1, -0.05) is 41.9 Å². The van der Waals surface area contributed by atoms with E-state index in [4.69, 9.17) is 27.3 Å². The molecule has 0 aliphatic heterocycles. The van der Waals surface area contributed by atoms with Gasteiger partial charge in [-0.15, -0.1) is 11.3 Å². The SMILES string of the molecule is Nc1c(C(=O)NCc2cccs2)c2nc3ccccc3nc2n1Cc1ccc(Cl)cc1. The molecule has 6 nitrogen and oxygen atoms in total. The lowest BCUT2D eigenvalue weighted by Gasteiger charge is -2.08. The first-order valence-electron chi connectivity index (χ1n) is 9.69. The van der Waals surface area contributed by atoms with Crippen LogP contribution in [0.25, 0.3) is 22.2 Å². The minimum Gasteiger partial charge on any atom is -0.384 e. The summed E-state index contributed by atoms with van der Waals surface area (Å²) in [6, 6.07) is 19.0. The molecule has 0 spiro atoms. The minimum absolute atomic E-state index is 0.268. The maximum Gasteiger partial charge on any atom is 0.257 e. The number of para-hydroxylation sites is 2. The highest BCUT2D eigenvalue weighted by atomic mass is 35.5. The molecule has 0 aliphatic carbocycles. The Bertz CT molecular complexity index is 1390. The van der Waals surface area contributed by atoms with Gasteiger partial charge in [-0.05, 0) is 41.3 Å². The number of nitrogen functional groups attached to an aromatic ring is 1. The van der Waals surface area contributed by atoms with Gasteiger partial charge >= 0.3 is 0 Å². The van der Waals surface area contributed by atoms with Gasteiger partial charge in [0.25, 0.3) is 5.91 Å². The second-order valence-corrected chi connectivity index (χ2v) is 8.59. The fraction of sp³-hybridized carbons (Fsp3) is 0.0870. The van der Waals surface area contributed by atoms with Crippen LogP contribution in [0.4, 0.5) is 5.82 Å². The number of rotatable bonds is 5. The molecule has 0 saturated heterocycles. The van der Waals surface area contributed by atoms with E-state index in [1.165, 1.54) is 0 Å². The number of carbonyl (C=O) groups excluding carboxylic acids is 1. The van der Waals surface area contributed by atoms with Gasteiger partial charge in [-0.2, -0.15) is 0 Å². The van der Waals surface area contributed by atoms with Crippen molar-refractivity contribution in [1.29, 1.82) is 0 Å². The fourth-order valence-corrected chi connectivity index (χ4v) is 4.31. The van der Waals surface area contributed by atoms with Gasteiger partial charge in [-0.3, -0.25) is 4.79 Å². The summed E-state index contributed by atoms with van der Waals surface area (Å²) >= 11 is 7.61. The Hall–Kier alpha value is -3.42. The van der Waals surface area contributed by atoms with Crippen molar-refractivity contribution in [3.63, 3.8) is 0 Å². The lowest BCUT2D eigenvalue weighted by molar-refractivity contribution is 0.0953. The average Bonchev–Trinajstić information content (AvgIpc) is 3.39. The molecule has 0 saturated carbocycles. The topological polar surface area (TPSA) is 85.8 Å². The number of carbonyl (C=O) groups is 1. The van der Waals surface area contributed by atoms with Gasteiger partial charge in [0.05, 0.1) is 24.1 Å². The van der Waals surface area contributed by atoms with Gasteiger partial charge in [0, 0.05) is 9.90 Å². The zero-order valence-electron chi connectivity index (χ0n) is 16.4. The van der Waals surface area contributed by atoms with E-state index in [1.807, 2.05) is 70.6 Å². The van der Waals surface area contributed by atoms with Crippen molar-refractivity contribution < 1.29 is 4.79 Å². The Labute approximate surface area is 187 Å². The highest BCUT2D eigenvalue weighted by molar-refractivity contribution is 7.09. The summed E-state index contributed by atoms with van der Waals surface area (Å²) in [6.07, 6.45) is 0. The summed E-state index contributed by atoms with van der Waals surface area (Å²) in [6.45, 7) is 0.880. The summed E-state index contributed by atoms with van der Waals surface area (Å²) in [7, 11) is 0. The molecule has 5 rings (SSSR count). The highest BCUT2D eigenvalue weighted by Gasteiger charge is 2.24. The van der Waals surface area contributed by atoms with Crippen LogP contribution in [0, 0.1) is 0 Å². The third kappa shape index (κ3) is 3.73. The standard InChI is InChI=1S/C23H18ClN5OS/c24-15-9-7-14(8-10-15)13-29-21(25)19(23(30)26-12-16-4-3-11-31-16)20-22(29)28-18-6-2-1-5-17(18)27-20/h1-11H,12-13,25H2,(H,26,30). The zero-order valence-corrected chi connectivity index (χ0v) is 18.0. The third-order valence-corrected chi connectivity index (χ3v) is 6.20. The molecule has 0 fully saturated rings. The van der Waals surface area contributed by atoms with Crippen LogP contribution < -0.4 is 11.1 Å². The zero-order chi connectivity index (χ0) is 21.4. The quantitative estimate of drug-likeness (QED) is 0.403. The van der Waals surface area contributed by atoms with Crippen LogP contribution in [0.2, 0.25) is 5.02 Å². The third-order valence-electron chi connectivity index (χ3n) is 5.08. The van der Waals surface area contributed by atoms with E-state index >= 15 is 0 Å². The van der Waals surface area contributed by atoms with E-state index in [9.17, 15) is 4.79 Å². The predicted molar refractivity (Wildman–Crippen MR) is 125 cm³/mol. The number of amides is 1. The molecular weight excluding hydrogens is 430 g/mol. The number of nitrogens with zero attached hydrogens (tertiary/aromatic N) is 3. The summed E-state index contributed by atoms with van der Waals surface area (Å²) < 4.78 is 1.83. The van der Waals surface area contributed by atoms with Gasteiger partial charge < -0.3 is 15.6 Å². The van der Waals surface area contributed by atoms with Crippen LogP contribution in [0.3, 0.4) is 0 Å². The molecule has 3 aromatic heterocycles. The number of aromatic nitrogens is 3. The molecule has 0 unspecified atom stereocenters. The van der Waals surface area contributed by atoms with Gasteiger partial charge in [0.1, 0.15) is 16.9 Å². The first-order valence-corrected chi connectivity index (χ1v) is 11.0. The van der Waals surface area contributed by atoms with Crippen molar-refractivity contribution in [3.8, 4) is 0 Å². The monoisotopic (exact) mass is 447 g/mol. The minimum atomic E-state index is -0.268. The Morgan fingerprint density at radius 1 is 1.03 bits per heavy atom. The Balaban J connectivity index is 1.62. The van der Waals surface area contributed by atoms with Crippen molar-refractivity contribution in [2.24, 2.45) is 0 Å². The molecule has 8 heteroatoms. The van der Waals surface area contributed by atoms with Crippen LogP contribution in [-0.4, -0.2) is 20.4 Å². The van der Waals surface area contributed by atoms with E-state index in [-0.39, 0.29) is 5.91 Å². The molecule has 0 radical (unpaired) electrons. The molecule has 0 bridgehead atoms. The number of benzene rings is 2. The van der Waals surface area contributed by atoms with E-state index in [0.717, 1.165) is 16.0 Å². The largest absolute Gasteiger partial charge is 0.384 e. The number of anilines is 1. The van der Waals surface area contributed by atoms with E-state index in [2.05, 4.69) is 5.32 Å². The lowest BCUT2D eigenvalue weighted by atomic mass is 10.2. The Morgan fingerprint density at radius 2 is 1.77 bits per heavy atom. The maximum atomic E-state index is 13.1. The molecule has 0 atom stereocenters. The summed E-state index contributed by atoms with van der Waals surface area (Å²) in [5, 5.41) is 5.60. The highest BCUT2D eigenvalue weighted by Crippen LogP contribution is 2.29. The second-order valence-electron chi connectivity index (χ2n) is 7.12. The van der Waals surface area contributed by atoms with Gasteiger partial charge in [-0.25, -0.2) is 9.97 Å². The smallest absolute Gasteiger partial charge is 0.257 e. The number of hydrogen-bond acceptors (Lipinski definition) is 5. The molecular formula is C23H18ClN5OS. The Kier molecular flexibility index (Phi) is 5.05. The van der Waals surface area contributed by atoms with Crippen molar-refractivity contribution >= 4 is 56.9 Å². The molecule has 3 heterocycles. The molecule has 2 aromatic carbocycles. The first-order chi connectivity index (χ1) is 15.1. The number of halogens is 1. The van der Waals surface area contributed by atoms with Crippen molar-refractivity contribution in [2.45, 2.75) is 13.1 Å². The van der Waals surface area contributed by atoms with Crippen molar-refractivity contribution in [2.75, 3.05) is 5.73 Å². The molecule has 0 aliphatic rings. The molecule has 5 aromatic rings. The normalized spacial score (nSPS) is 11.3. The van der Waals surface area contributed by atoms with Gasteiger partial charge in [0.2, 0.25) is 0 Å². The molecule has 154 valence electrons. The lowest BCUT2D eigenvalue weighted by Crippen LogP contribution is -2.23. The van der Waals surface area contributed by atoms with Crippen LogP contribution in [-0.2, 0) is 13.1 Å². The Morgan fingerprint density at radius 3 is 2.48 bits per heavy atom. The fourth-order valence-electron chi connectivity index (χ4n) is 3.54. The maximum absolute atomic E-state index is 13.1. The first kappa shape index (κ1) is 19.5. The molecule has 31 heavy (non-hydrogen) atoms. The average molecular weight is 448 g/mol. The summed E-state index contributed by atoms with van der Waals surface area (Å²) in [4.78, 5) is 23.7. The number of nitrogens with one attached hydrogen (secondary N) is 1. The molecule has 3 N–H and O–H groups in total. The van der Waals surface area contributed by atoms with Crippen LogP contribution in [0.5, 0.6) is 0 Å². The molecule has 1 amide bonds. The van der Waals surface area contributed by atoms with Crippen LogP contribution >= 0.6 is 22.9 Å².